The number of thiazole rings is 1. The summed E-state index contributed by atoms with van der Waals surface area (Å²) >= 11 is 1.76. The Hall–Kier alpha value is -0.610. The van der Waals surface area contributed by atoms with Crippen molar-refractivity contribution in [2.45, 2.75) is 58.2 Å². The fraction of sp³-hybridized carbons (Fsp3) is 0.769. The molecule has 17 heavy (non-hydrogen) atoms. The van der Waals surface area contributed by atoms with E-state index in [4.69, 9.17) is 4.98 Å². The molecule has 0 spiro atoms. The van der Waals surface area contributed by atoms with E-state index in [1.54, 1.807) is 11.3 Å². The van der Waals surface area contributed by atoms with Crippen molar-refractivity contribution in [1.82, 2.24) is 10.3 Å². The van der Waals surface area contributed by atoms with Crippen LogP contribution in [0.3, 0.4) is 0 Å². The second-order valence-corrected chi connectivity index (χ2v) is 5.86. The molecule has 1 saturated carbocycles. The summed E-state index contributed by atoms with van der Waals surface area (Å²) in [5.41, 5.74) is 1.19. The topological polar surface area (TPSA) is 28.2 Å². The first-order valence-electron chi connectivity index (χ1n) is 6.61. The van der Waals surface area contributed by atoms with E-state index >= 15 is 0 Å². The highest BCUT2D eigenvalue weighted by Crippen LogP contribution is 2.24. The lowest BCUT2D eigenvalue weighted by Crippen LogP contribution is -2.28. The standard InChI is InChI=1S/C13H23N3S/c1-4-5-10(2)16(3)13-15-12(9-17-13)8-14-11-6-7-11/h9-11,14H,4-8H2,1-3H3. The van der Waals surface area contributed by atoms with Crippen LogP contribution in [0.25, 0.3) is 0 Å². The first kappa shape index (κ1) is 12.8. The lowest BCUT2D eigenvalue weighted by Gasteiger charge is -2.23. The molecule has 1 aromatic heterocycles. The Balaban J connectivity index is 1.86. The predicted molar refractivity (Wildman–Crippen MR) is 74.7 cm³/mol. The molecule has 96 valence electrons. The third-order valence-electron chi connectivity index (χ3n) is 3.36. The molecule has 1 aliphatic rings. The molecule has 1 fully saturated rings. The highest BCUT2D eigenvalue weighted by molar-refractivity contribution is 7.13. The maximum Gasteiger partial charge on any atom is 0.185 e. The van der Waals surface area contributed by atoms with Crippen LogP contribution in [0.15, 0.2) is 5.38 Å². The SMILES string of the molecule is CCCC(C)N(C)c1nc(CNC2CC2)cs1. The summed E-state index contributed by atoms with van der Waals surface area (Å²) in [5, 5.41) is 6.84. The van der Waals surface area contributed by atoms with Gasteiger partial charge >= 0.3 is 0 Å². The molecule has 3 nitrogen and oxygen atoms in total. The van der Waals surface area contributed by atoms with Crippen LogP contribution in [0, 0.1) is 0 Å². The van der Waals surface area contributed by atoms with E-state index in [1.165, 1.54) is 31.4 Å². The summed E-state index contributed by atoms with van der Waals surface area (Å²) in [6.07, 6.45) is 5.13. The van der Waals surface area contributed by atoms with Gasteiger partial charge in [-0.1, -0.05) is 13.3 Å². The van der Waals surface area contributed by atoms with Gasteiger partial charge in [-0.2, -0.15) is 0 Å². The fourth-order valence-electron chi connectivity index (χ4n) is 1.88. The number of hydrogen-bond donors (Lipinski definition) is 1. The quantitative estimate of drug-likeness (QED) is 0.809. The van der Waals surface area contributed by atoms with Crippen LogP contribution < -0.4 is 10.2 Å². The zero-order valence-electron chi connectivity index (χ0n) is 11.1. The molecule has 1 heterocycles. The predicted octanol–water partition coefficient (Wildman–Crippen LogP) is 3.02. The first-order chi connectivity index (χ1) is 8.20. The second kappa shape index (κ2) is 5.83. The number of nitrogens with zero attached hydrogens (tertiary/aromatic N) is 2. The summed E-state index contributed by atoms with van der Waals surface area (Å²) in [7, 11) is 2.15. The van der Waals surface area contributed by atoms with Gasteiger partial charge in [0.1, 0.15) is 0 Å². The van der Waals surface area contributed by atoms with Gasteiger partial charge in [0, 0.05) is 31.1 Å². The third-order valence-corrected chi connectivity index (χ3v) is 4.34. The highest BCUT2D eigenvalue weighted by atomic mass is 32.1. The Morgan fingerprint density at radius 1 is 1.59 bits per heavy atom. The van der Waals surface area contributed by atoms with Crippen LogP contribution in [0.5, 0.6) is 0 Å². The van der Waals surface area contributed by atoms with E-state index in [1.807, 2.05) is 0 Å². The van der Waals surface area contributed by atoms with Crippen LogP contribution in [-0.4, -0.2) is 24.1 Å². The van der Waals surface area contributed by atoms with Crippen LogP contribution >= 0.6 is 11.3 Å². The van der Waals surface area contributed by atoms with Crippen LogP contribution in [0.2, 0.25) is 0 Å². The molecule has 1 unspecified atom stereocenters. The van der Waals surface area contributed by atoms with Gasteiger partial charge in [0.15, 0.2) is 5.13 Å². The molecule has 0 saturated heterocycles. The molecule has 0 amide bonds. The van der Waals surface area contributed by atoms with Crippen LogP contribution in [-0.2, 0) is 6.54 Å². The van der Waals surface area contributed by atoms with Crippen molar-refractivity contribution in [3.05, 3.63) is 11.1 Å². The van der Waals surface area contributed by atoms with E-state index in [0.717, 1.165) is 17.7 Å². The number of aromatic nitrogens is 1. The van der Waals surface area contributed by atoms with Crippen LogP contribution in [0.1, 0.15) is 45.2 Å². The Bertz CT molecular complexity index is 346. The van der Waals surface area contributed by atoms with Crippen molar-refractivity contribution in [1.29, 1.82) is 0 Å². The highest BCUT2D eigenvalue weighted by Gasteiger charge is 2.20. The lowest BCUT2D eigenvalue weighted by atomic mass is 10.2. The van der Waals surface area contributed by atoms with Gasteiger partial charge in [-0.25, -0.2) is 4.98 Å². The van der Waals surface area contributed by atoms with Crippen molar-refractivity contribution in [3.63, 3.8) is 0 Å². The Kier molecular flexibility index (Phi) is 4.40. The maximum absolute atomic E-state index is 4.70. The molecule has 0 bridgehead atoms. The van der Waals surface area contributed by atoms with Gasteiger partial charge < -0.3 is 10.2 Å². The minimum absolute atomic E-state index is 0.579. The lowest BCUT2D eigenvalue weighted by molar-refractivity contribution is 0.613. The Labute approximate surface area is 108 Å². The van der Waals surface area contributed by atoms with Gasteiger partial charge in [-0.15, -0.1) is 11.3 Å². The fourth-order valence-corrected chi connectivity index (χ4v) is 2.77. The molecule has 1 N–H and O–H groups in total. The molecular formula is C13H23N3S. The second-order valence-electron chi connectivity index (χ2n) is 5.03. The first-order valence-corrected chi connectivity index (χ1v) is 7.49. The molecule has 1 aromatic rings. The average molecular weight is 253 g/mol. The normalized spacial score (nSPS) is 17.1. The molecule has 0 radical (unpaired) electrons. The zero-order chi connectivity index (χ0) is 12.3. The van der Waals surface area contributed by atoms with Crippen molar-refractivity contribution in [3.8, 4) is 0 Å². The van der Waals surface area contributed by atoms with Crippen molar-refractivity contribution < 1.29 is 0 Å². The third kappa shape index (κ3) is 3.68. The van der Waals surface area contributed by atoms with E-state index in [-0.39, 0.29) is 0 Å². The van der Waals surface area contributed by atoms with Gasteiger partial charge in [-0.3, -0.25) is 0 Å². The van der Waals surface area contributed by atoms with Crippen LogP contribution in [0.4, 0.5) is 5.13 Å². The molecular weight excluding hydrogens is 230 g/mol. The largest absolute Gasteiger partial charge is 0.348 e. The van der Waals surface area contributed by atoms with E-state index in [9.17, 15) is 0 Å². The van der Waals surface area contributed by atoms with Gasteiger partial charge in [0.2, 0.25) is 0 Å². The number of nitrogens with one attached hydrogen (secondary N) is 1. The molecule has 2 rings (SSSR count). The smallest absolute Gasteiger partial charge is 0.185 e. The van der Waals surface area contributed by atoms with Gasteiger partial charge in [0.25, 0.3) is 0 Å². The maximum atomic E-state index is 4.70. The summed E-state index contributed by atoms with van der Waals surface area (Å²) < 4.78 is 0. The minimum Gasteiger partial charge on any atom is -0.348 e. The molecule has 4 heteroatoms. The average Bonchev–Trinajstić information content (AvgIpc) is 3.03. The van der Waals surface area contributed by atoms with E-state index in [0.29, 0.717) is 6.04 Å². The summed E-state index contributed by atoms with van der Waals surface area (Å²) in [6, 6.07) is 1.34. The van der Waals surface area contributed by atoms with Crippen molar-refractivity contribution >= 4 is 16.5 Å². The summed E-state index contributed by atoms with van der Waals surface area (Å²) in [4.78, 5) is 7.00. The monoisotopic (exact) mass is 253 g/mol. The number of hydrogen-bond acceptors (Lipinski definition) is 4. The Morgan fingerprint density at radius 3 is 3.00 bits per heavy atom. The molecule has 1 aliphatic carbocycles. The number of rotatable bonds is 7. The minimum atomic E-state index is 0.579. The van der Waals surface area contributed by atoms with E-state index in [2.05, 4.69) is 36.5 Å². The Morgan fingerprint density at radius 2 is 2.35 bits per heavy atom. The molecule has 1 atom stereocenters. The van der Waals surface area contributed by atoms with Crippen molar-refractivity contribution in [2.75, 3.05) is 11.9 Å². The van der Waals surface area contributed by atoms with Gasteiger partial charge in [-0.05, 0) is 26.2 Å². The summed E-state index contributed by atoms with van der Waals surface area (Å²) in [6.45, 7) is 5.43. The van der Waals surface area contributed by atoms with Crippen molar-refractivity contribution in [2.24, 2.45) is 0 Å². The molecule has 0 aromatic carbocycles. The van der Waals surface area contributed by atoms with Gasteiger partial charge in [0.05, 0.1) is 5.69 Å². The van der Waals surface area contributed by atoms with E-state index < -0.39 is 0 Å². The molecule has 0 aliphatic heterocycles. The summed E-state index contributed by atoms with van der Waals surface area (Å²) in [5.74, 6) is 0. The zero-order valence-corrected chi connectivity index (χ0v) is 11.9. The number of anilines is 1.